The summed E-state index contributed by atoms with van der Waals surface area (Å²) in [6.45, 7) is 2.33. The minimum atomic E-state index is -1.26. The number of H-pyrrole nitrogens is 1. The van der Waals surface area contributed by atoms with Gasteiger partial charge in [0, 0.05) is 29.3 Å². The van der Waals surface area contributed by atoms with Gasteiger partial charge in [0.2, 0.25) is 0 Å². The van der Waals surface area contributed by atoms with Crippen LogP contribution in [-0.4, -0.2) is 57.3 Å². The van der Waals surface area contributed by atoms with Gasteiger partial charge in [-0.05, 0) is 62.7 Å². The van der Waals surface area contributed by atoms with Crippen molar-refractivity contribution in [1.82, 2.24) is 9.88 Å². The number of aromatic hydroxyl groups is 1. The fourth-order valence-electron chi connectivity index (χ4n) is 2.93. The fraction of sp³-hybridized carbons (Fsp3) is 0.333. The molecule has 7 heteroatoms. The molecule has 0 atom stereocenters. The molecule has 0 unspecified atom stereocenters. The zero-order chi connectivity index (χ0) is 18.4. The molecule has 1 fully saturated rings. The Labute approximate surface area is 145 Å². The van der Waals surface area contributed by atoms with Crippen molar-refractivity contribution in [2.24, 2.45) is 0 Å². The molecular weight excluding hydrogens is 324 g/mol. The number of piperidine rings is 1. The molecule has 0 radical (unpaired) electrons. The summed E-state index contributed by atoms with van der Waals surface area (Å²) in [6.07, 6.45) is 5.64. The molecule has 2 heterocycles. The first-order valence-electron chi connectivity index (χ1n) is 7.99. The Balaban J connectivity index is 0.000000242. The Morgan fingerprint density at radius 1 is 1.16 bits per heavy atom. The smallest absolute Gasteiger partial charge is 0.328 e. The largest absolute Gasteiger partial charge is 0.508 e. The second-order valence-corrected chi connectivity index (χ2v) is 6.06. The van der Waals surface area contributed by atoms with E-state index in [0.717, 1.165) is 18.6 Å². The van der Waals surface area contributed by atoms with Crippen LogP contribution in [0.5, 0.6) is 5.75 Å². The molecule has 2 aromatic rings. The lowest BCUT2D eigenvalue weighted by atomic mass is 9.89. The minimum absolute atomic E-state index is 0.353. The van der Waals surface area contributed by atoms with Gasteiger partial charge in [0.1, 0.15) is 5.75 Å². The van der Waals surface area contributed by atoms with Gasteiger partial charge < -0.3 is 25.2 Å². The zero-order valence-corrected chi connectivity index (χ0v) is 14.0. The predicted molar refractivity (Wildman–Crippen MR) is 93.8 cm³/mol. The average molecular weight is 346 g/mol. The Morgan fingerprint density at radius 2 is 1.76 bits per heavy atom. The van der Waals surface area contributed by atoms with Crippen molar-refractivity contribution in [1.29, 1.82) is 0 Å². The van der Waals surface area contributed by atoms with E-state index in [-0.39, 0.29) is 0 Å². The molecule has 1 aromatic heterocycles. The van der Waals surface area contributed by atoms with E-state index in [0.29, 0.717) is 23.8 Å². The van der Waals surface area contributed by atoms with Gasteiger partial charge in [-0.1, -0.05) is 0 Å². The van der Waals surface area contributed by atoms with Crippen LogP contribution in [0.3, 0.4) is 0 Å². The number of phenols is 1. The number of nitrogens with zero attached hydrogens (tertiary/aromatic N) is 1. The Morgan fingerprint density at radius 3 is 2.32 bits per heavy atom. The highest BCUT2D eigenvalue weighted by molar-refractivity contribution is 5.89. The molecule has 134 valence electrons. The number of phenolic OH excluding ortho intramolecular Hbond substituents is 1. The molecule has 1 saturated heterocycles. The highest BCUT2D eigenvalue weighted by Gasteiger charge is 2.20. The minimum Gasteiger partial charge on any atom is -0.508 e. The maximum atomic E-state index is 9.59. The molecule has 0 bridgehead atoms. The molecule has 1 aromatic carbocycles. The zero-order valence-electron chi connectivity index (χ0n) is 14.0. The van der Waals surface area contributed by atoms with Gasteiger partial charge in [0.15, 0.2) is 0 Å². The highest BCUT2D eigenvalue weighted by Crippen LogP contribution is 2.34. The van der Waals surface area contributed by atoms with E-state index in [1.807, 2.05) is 12.1 Å². The number of carbonyl (C=O) groups is 2. The lowest BCUT2D eigenvalue weighted by molar-refractivity contribution is -0.134. The van der Waals surface area contributed by atoms with Crippen LogP contribution in [0, 0.1) is 0 Å². The predicted octanol–water partition coefficient (Wildman–Crippen LogP) is 2.39. The Hall–Kier alpha value is -2.80. The molecule has 1 aliphatic rings. The number of aromatic amines is 1. The van der Waals surface area contributed by atoms with Crippen molar-refractivity contribution in [3.05, 3.63) is 42.1 Å². The summed E-state index contributed by atoms with van der Waals surface area (Å²) in [5.74, 6) is -1.53. The van der Waals surface area contributed by atoms with Crippen molar-refractivity contribution < 1.29 is 24.9 Å². The summed E-state index contributed by atoms with van der Waals surface area (Å²) in [4.78, 5) is 24.8. The summed E-state index contributed by atoms with van der Waals surface area (Å²) in [5, 5.41) is 26.4. The van der Waals surface area contributed by atoms with E-state index < -0.39 is 11.9 Å². The van der Waals surface area contributed by atoms with E-state index in [1.54, 1.807) is 6.07 Å². The van der Waals surface area contributed by atoms with Crippen LogP contribution in [-0.2, 0) is 9.59 Å². The SMILES string of the molecule is CN1CCC(c2c[nH]c3ccc(O)cc23)CC1.O=C(O)/C=C\C(=O)O. The first kappa shape index (κ1) is 18.5. The van der Waals surface area contributed by atoms with Crippen LogP contribution in [0.15, 0.2) is 36.5 Å². The quantitative estimate of drug-likeness (QED) is 0.635. The van der Waals surface area contributed by atoms with Crippen LogP contribution in [0.1, 0.15) is 24.3 Å². The average Bonchev–Trinajstić information content (AvgIpc) is 2.97. The van der Waals surface area contributed by atoms with E-state index in [9.17, 15) is 14.7 Å². The van der Waals surface area contributed by atoms with Crippen LogP contribution < -0.4 is 0 Å². The van der Waals surface area contributed by atoms with Gasteiger partial charge in [-0.3, -0.25) is 0 Å². The van der Waals surface area contributed by atoms with Crippen LogP contribution in [0.4, 0.5) is 0 Å². The molecular formula is C18H22N2O5. The van der Waals surface area contributed by atoms with Crippen molar-refractivity contribution >= 4 is 22.8 Å². The Kier molecular flexibility index (Phi) is 6.19. The molecule has 3 rings (SSSR count). The van der Waals surface area contributed by atoms with Gasteiger partial charge in [-0.2, -0.15) is 0 Å². The summed E-state index contributed by atoms with van der Waals surface area (Å²) >= 11 is 0. The van der Waals surface area contributed by atoms with E-state index in [4.69, 9.17) is 10.2 Å². The third-order valence-electron chi connectivity index (χ3n) is 4.22. The number of carboxylic acid groups (broad SMARTS) is 2. The molecule has 0 amide bonds. The number of hydrogen-bond acceptors (Lipinski definition) is 4. The maximum absolute atomic E-state index is 9.59. The number of nitrogens with one attached hydrogen (secondary N) is 1. The second kappa shape index (κ2) is 8.34. The molecule has 4 N–H and O–H groups in total. The van der Waals surface area contributed by atoms with Gasteiger partial charge in [-0.15, -0.1) is 0 Å². The number of fused-ring (bicyclic) bond motifs is 1. The topological polar surface area (TPSA) is 114 Å². The first-order valence-corrected chi connectivity index (χ1v) is 7.99. The number of carboxylic acids is 2. The number of aromatic nitrogens is 1. The van der Waals surface area contributed by atoms with Crippen molar-refractivity contribution in [3.8, 4) is 5.75 Å². The van der Waals surface area contributed by atoms with E-state index >= 15 is 0 Å². The Bertz CT molecular complexity index is 757. The van der Waals surface area contributed by atoms with Crippen molar-refractivity contribution in [2.45, 2.75) is 18.8 Å². The number of hydrogen-bond donors (Lipinski definition) is 4. The molecule has 0 spiro atoms. The summed E-state index contributed by atoms with van der Waals surface area (Å²) in [5.41, 5.74) is 2.49. The lowest BCUT2D eigenvalue weighted by Crippen LogP contribution is -2.29. The molecule has 1 aliphatic heterocycles. The van der Waals surface area contributed by atoms with Gasteiger partial charge in [-0.25, -0.2) is 9.59 Å². The van der Waals surface area contributed by atoms with E-state index in [2.05, 4.69) is 23.1 Å². The van der Waals surface area contributed by atoms with Gasteiger partial charge in [0.05, 0.1) is 0 Å². The standard InChI is InChI=1S/C14H18N2O.C4H4O4/c1-16-6-4-10(5-7-16)13-9-15-14-3-2-11(17)8-12(13)14;5-3(6)1-2-4(7)8/h2-3,8-10,15,17H,4-7H2,1H3;1-2H,(H,5,6)(H,7,8)/b;2-1-. The third kappa shape index (κ3) is 5.36. The number of aliphatic carboxylic acids is 2. The third-order valence-corrected chi connectivity index (χ3v) is 4.22. The molecule has 7 nitrogen and oxygen atoms in total. The molecule has 25 heavy (non-hydrogen) atoms. The second-order valence-electron chi connectivity index (χ2n) is 6.06. The normalized spacial score (nSPS) is 15.9. The first-order chi connectivity index (χ1) is 11.9. The number of likely N-dealkylation sites (tertiary alicyclic amines) is 1. The van der Waals surface area contributed by atoms with Crippen LogP contribution >= 0.6 is 0 Å². The van der Waals surface area contributed by atoms with Gasteiger partial charge >= 0.3 is 11.9 Å². The van der Waals surface area contributed by atoms with Crippen LogP contribution in [0.25, 0.3) is 10.9 Å². The summed E-state index contributed by atoms with van der Waals surface area (Å²) in [7, 11) is 2.18. The number of benzene rings is 1. The lowest BCUT2D eigenvalue weighted by Gasteiger charge is -2.28. The van der Waals surface area contributed by atoms with E-state index in [1.165, 1.54) is 23.8 Å². The highest BCUT2D eigenvalue weighted by atomic mass is 16.4. The molecule has 0 aliphatic carbocycles. The summed E-state index contributed by atoms with van der Waals surface area (Å²) in [6, 6.07) is 5.56. The van der Waals surface area contributed by atoms with Crippen molar-refractivity contribution in [2.75, 3.05) is 20.1 Å². The maximum Gasteiger partial charge on any atom is 0.328 e. The summed E-state index contributed by atoms with van der Waals surface area (Å²) < 4.78 is 0. The van der Waals surface area contributed by atoms with Crippen LogP contribution in [0.2, 0.25) is 0 Å². The number of rotatable bonds is 3. The van der Waals surface area contributed by atoms with Gasteiger partial charge in [0.25, 0.3) is 0 Å². The molecule has 0 saturated carbocycles. The fourth-order valence-corrected chi connectivity index (χ4v) is 2.93. The van der Waals surface area contributed by atoms with Crippen molar-refractivity contribution in [3.63, 3.8) is 0 Å². The monoisotopic (exact) mass is 346 g/mol.